The van der Waals surface area contributed by atoms with Crippen LogP contribution in [0.5, 0.6) is 0 Å². The maximum atomic E-state index is 2.26. The molecule has 0 unspecified atom stereocenters. The number of rotatable bonds is 4. The van der Waals surface area contributed by atoms with Crippen LogP contribution in [0.2, 0.25) is 0 Å². The van der Waals surface area contributed by atoms with E-state index in [9.17, 15) is 0 Å². The lowest BCUT2D eigenvalue weighted by Gasteiger charge is -1.97. The Morgan fingerprint density at radius 1 is 1.06 bits per heavy atom. The fourth-order valence-corrected chi connectivity index (χ4v) is 1.24. The highest BCUT2D eigenvalue weighted by Gasteiger charge is 2.17. The lowest BCUT2D eigenvalue weighted by atomic mass is 10.1. The van der Waals surface area contributed by atoms with Crippen LogP contribution < -0.4 is 0 Å². The molecule has 0 nitrogen and oxygen atoms in total. The molecular formula is C17H34. The van der Waals surface area contributed by atoms with Gasteiger partial charge in [0.25, 0.3) is 0 Å². The van der Waals surface area contributed by atoms with E-state index in [-0.39, 0.29) is 0 Å². The van der Waals surface area contributed by atoms with Crippen LogP contribution in [0.15, 0.2) is 23.3 Å². The Morgan fingerprint density at radius 2 is 1.59 bits per heavy atom. The molecule has 0 amide bonds. The summed E-state index contributed by atoms with van der Waals surface area (Å²) in [5.74, 6) is 1.13. The zero-order valence-corrected chi connectivity index (χ0v) is 13.3. The van der Waals surface area contributed by atoms with Gasteiger partial charge in [-0.15, -0.1) is 0 Å². The standard InChI is InChI=1S/C10H18.C5H10.C2H6/c1-5-7-8-10(4)9(3)6-2;1-2-5-3-4-5;1-2/h7-8H,5-6H2,1-4H3;5H,2-4H2,1H3;1-2H3/b8-7-,10-9+;;. The maximum absolute atomic E-state index is 2.26. The molecule has 1 saturated carbocycles. The fraction of sp³-hybridized carbons (Fsp3) is 0.765. The third kappa shape index (κ3) is 13.4. The van der Waals surface area contributed by atoms with Crippen LogP contribution in [0.25, 0.3) is 0 Å². The molecule has 102 valence electrons. The van der Waals surface area contributed by atoms with Crippen molar-refractivity contribution >= 4 is 0 Å². The largest absolute Gasteiger partial charge is 0.0845 e. The lowest BCUT2D eigenvalue weighted by molar-refractivity contribution is 0.799. The average Bonchev–Trinajstić information content (AvgIpc) is 3.21. The van der Waals surface area contributed by atoms with Crippen LogP contribution >= 0.6 is 0 Å². The number of hydrogen-bond donors (Lipinski definition) is 0. The first-order chi connectivity index (χ1) is 8.15. The van der Waals surface area contributed by atoms with Crippen LogP contribution in [0.4, 0.5) is 0 Å². The Hall–Kier alpha value is -0.520. The zero-order chi connectivity index (χ0) is 13.7. The van der Waals surface area contributed by atoms with Gasteiger partial charge in [0.05, 0.1) is 0 Å². The number of allylic oxidation sites excluding steroid dienone is 4. The Bertz CT molecular complexity index is 204. The van der Waals surface area contributed by atoms with E-state index in [1.807, 2.05) is 13.8 Å². The lowest BCUT2D eigenvalue weighted by Crippen LogP contribution is -1.77. The minimum atomic E-state index is 1.13. The molecule has 1 aliphatic carbocycles. The summed E-state index contributed by atoms with van der Waals surface area (Å²) >= 11 is 0. The molecule has 0 heteroatoms. The third-order valence-electron chi connectivity index (χ3n) is 3.08. The first-order valence-corrected chi connectivity index (χ1v) is 7.48. The van der Waals surface area contributed by atoms with E-state index in [0.29, 0.717) is 0 Å². The second-order valence-corrected chi connectivity index (χ2v) is 4.48. The highest BCUT2D eigenvalue weighted by Crippen LogP contribution is 2.31. The quantitative estimate of drug-likeness (QED) is 0.488. The molecule has 0 N–H and O–H groups in total. The predicted octanol–water partition coefficient (Wildman–Crippen LogP) is 6.53. The zero-order valence-electron chi connectivity index (χ0n) is 13.3. The van der Waals surface area contributed by atoms with Gasteiger partial charge >= 0.3 is 0 Å². The molecule has 1 aliphatic rings. The summed E-state index contributed by atoms with van der Waals surface area (Å²) in [6.45, 7) is 15.0. The van der Waals surface area contributed by atoms with Crippen molar-refractivity contribution in [2.45, 2.75) is 80.6 Å². The molecule has 1 fully saturated rings. The van der Waals surface area contributed by atoms with E-state index in [1.165, 1.54) is 36.8 Å². The molecule has 0 aliphatic heterocycles. The van der Waals surface area contributed by atoms with Gasteiger partial charge in [-0.3, -0.25) is 0 Å². The van der Waals surface area contributed by atoms with E-state index in [2.05, 4.69) is 46.8 Å². The van der Waals surface area contributed by atoms with Crippen LogP contribution in [-0.4, -0.2) is 0 Å². The molecule has 0 aromatic heterocycles. The molecule has 1 rings (SSSR count). The van der Waals surface area contributed by atoms with Crippen LogP contribution in [0, 0.1) is 5.92 Å². The fourth-order valence-electron chi connectivity index (χ4n) is 1.24. The van der Waals surface area contributed by atoms with Gasteiger partial charge in [-0.25, -0.2) is 0 Å². The van der Waals surface area contributed by atoms with E-state index in [0.717, 1.165) is 12.3 Å². The maximum Gasteiger partial charge on any atom is -0.0346 e. The van der Waals surface area contributed by atoms with Crippen LogP contribution in [0.3, 0.4) is 0 Å². The minimum Gasteiger partial charge on any atom is -0.0845 e. The first-order valence-electron chi connectivity index (χ1n) is 7.48. The Morgan fingerprint density at radius 3 is 1.82 bits per heavy atom. The number of hydrogen-bond acceptors (Lipinski definition) is 0. The highest BCUT2D eigenvalue weighted by molar-refractivity contribution is 5.21. The van der Waals surface area contributed by atoms with Gasteiger partial charge in [0.2, 0.25) is 0 Å². The van der Waals surface area contributed by atoms with Gasteiger partial charge in [0.15, 0.2) is 0 Å². The predicted molar refractivity (Wildman–Crippen MR) is 82.5 cm³/mol. The molecule has 0 aromatic rings. The second kappa shape index (κ2) is 13.5. The third-order valence-corrected chi connectivity index (χ3v) is 3.08. The van der Waals surface area contributed by atoms with Crippen LogP contribution in [0.1, 0.15) is 80.6 Å². The van der Waals surface area contributed by atoms with Crippen molar-refractivity contribution in [3.05, 3.63) is 23.3 Å². The summed E-state index contributed by atoms with van der Waals surface area (Å²) in [7, 11) is 0. The van der Waals surface area contributed by atoms with Crippen molar-refractivity contribution in [2.75, 3.05) is 0 Å². The molecule has 0 atom stereocenters. The van der Waals surface area contributed by atoms with Crippen molar-refractivity contribution in [1.82, 2.24) is 0 Å². The smallest absolute Gasteiger partial charge is 0.0346 e. The Labute approximate surface area is 110 Å². The normalized spacial score (nSPS) is 15.5. The molecule has 17 heavy (non-hydrogen) atoms. The summed E-state index contributed by atoms with van der Waals surface area (Å²) in [6, 6.07) is 0. The van der Waals surface area contributed by atoms with Gasteiger partial charge < -0.3 is 0 Å². The second-order valence-electron chi connectivity index (χ2n) is 4.48. The summed E-state index contributed by atoms with van der Waals surface area (Å²) in [6.07, 6.45) is 11.1. The van der Waals surface area contributed by atoms with Crippen molar-refractivity contribution in [2.24, 2.45) is 5.92 Å². The Balaban J connectivity index is 0. The first kappa shape index (κ1) is 18.8. The molecule has 0 radical (unpaired) electrons. The van der Waals surface area contributed by atoms with E-state index in [1.54, 1.807) is 0 Å². The highest BCUT2D eigenvalue weighted by atomic mass is 14.2. The van der Waals surface area contributed by atoms with E-state index < -0.39 is 0 Å². The topological polar surface area (TPSA) is 0 Å². The van der Waals surface area contributed by atoms with Gasteiger partial charge in [0.1, 0.15) is 0 Å². The van der Waals surface area contributed by atoms with Gasteiger partial charge in [-0.05, 0) is 32.6 Å². The monoisotopic (exact) mass is 238 g/mol. The molecule has 0 heterocycles. The summed E-state index contributed by atoms with van der Waals surface area (Å²) in [4.78, 5) is 0. The SMILES string of the molecule is CC.CC/C=C\C(C)=C(/C)CC.CCC1CC1. The Kier molecular flexibility index (Phi) is 15.0. The van der Waals surface area contributed by atoms with E-state index >= 15 is 0 Å². The molecule has 0 bridgehead atoms. The summed E-state index contributed by atoms with van der Waals surface area (Å²) in [5, 5.41) is 0. The average molecular weight is 238 g/mol. The van der Waals surface area contributed by atoms with Crippen molar-refractivity contribution in [3.8, 4) is 0 Å². The van der Waals surface area contributed by atoms with Gasteiger partial charge in [-0.1, -0.05) is 77.2 Å². The van der Waals surface area contributed by atoms with Crippen molar-refractivity contribution < 1.29 is 0 Å². The van der Waals surface area contributed by atoms with Crippen molar-refractivity contribution in [3.63, 3.8) is 0 Å². The van der Waals surface area contributed by atoms with Gasteiger partial charge in [-0.2, -0.15) is 0 Å². The minimum absolute atomic E-state index is 1.13. The molecular weight excluding hydrogens is 204 g/mol. The van der Waals surface area contributed by atoms with Gasteiger partial charge in [0, 0.05) is 0 Å². The summed E-state index contributed by atoms with van der Waals surface area (Å²) < 4.78 is 0. The van der Waals surface area contributed by atoms with Crippen molar-refractivity contribution in [1.29, 1.82) is 0 Å². The molecule has 0 saturated heterocycles. The molecule has 0 aromatic carbocycles. The van der Waals surface area contributed by atoms with Crippen LogP contribution in [-0.2, 0) is 0 Å². The van der Waals surface area contributed by atoms with E-state index in [4.69, 9.17) is 0 Å². The molecule has 0 spiro atoms. The summed E-state index contributed by atoms with van der Waals surface area (Å²) in [5.41, 5.74) is 2.91.